The zero-order valence-corrected chi connectivity index (χ0v) is 20.4. The van der Waals surface area contributed by atoms with Crippen LogP contribution < -0.4 is 10.1 Å². The Morgan fingerprint density at radius 1 is 1.18 bits per heavy atom. The maximum Gasteiger partial charge on any atom is 0.234 e. The molecule has 0 bridgehead atoms. The summed E-state index contributed by atoms with van der Waals surface area (Å²) in [6.07, 6.45) is 2.47. The van der Waals surface area contributed by atoms with E-state index in [2.05, 4.69) is 65.6 Å². The van der Waals surface area contributed by atoms with Gasteiger partial charge in [-0.05, 0) is 31.0 Å². The summed E-state index contributed by atoms with van der Waals surface area (Å²) in [6, 6.07) is 12.2. The Balaban J connectivity index is 1.32. The van der Waals surface area contributed by atoms with Gasteiger partial charge in [-0.3, -0.25) is 0 Å². The lowest BCUT2D eigenvalue weighted by Gasteiger charge is -2.21. The number of halogens is 1. The highest BCUT2D eigenvalue weighted by Crippen LogP contribution is 2.42. The van der Waals surface area contributed by atoms with Crippen molar-refractivity contribution in [3.8, 4) is 27.0 Å². The quantitative estimate of drug-likeness (QED) is 0.318. The first kappa shape index (κ1) is 22.0. The molecule has 0 amide bonds. The lowest BCUT2D eigenvalue weighted by molar-refractivity contribution is -0.00445. The van der Waals surface area contributed by atoms with Gasteiger partial charge in [0.05, 0.1) is 36.3 Å². The molecule has 0 spiro atoms. The molecule has 0 unspecified atom stereocenters. The smallest absolute Gasteiger partial charge is 0.234 e. The first-order chi connectivity index (χ1) is 16.2. The standard InChI is InChI=1S/C23H22BrN5O3S/c1-2-31-18-10-19(33-21(18)22-28-23(32-29-22)15-11-30-12-15)17-9-20(27-13-26-17)25-8-7-14-3-5-16(24)6-4-14/h3-6,9-10,13,15H,2,7-8,11-12H2,1H3,(H,25,26,27). The Bertz CT molecular complexity index is 1220. The normalized spacial score (nSPS) is 13.6. The van der Waals surface area contributed by atoms with Gasteiger partial charge in [0.2, 0.25) is 11.7 Å². The molecule has 0 atom stereocenters. The number of hydrogen-bond donors (Lipinski definition) is 1. The molecular weight excluding hydrogens is 506 g/mol. The lowest BCUT2D eigenvalue weighted by atomic mass is 10.1. The Labute approximate surface area is 203 Å². The number of anilines is 1. The number of nitrogens with one attached hydrogen (secondary N) is 1. The van der Waals surface area contributed by atoms with Gasteiger partial charge in [0.25, 0.3) is 0 Å². The number of aromatic nitrogens is 4. The Kier molecular flexibility index (Phi) is 6.65. The predicted octanol–water partition coefficient (Wildman–Crippen LogP) is 5.18. The van der Waals surface area contributed by atoms with Crippen molar-refractivity contribution in [2.75, 3.05) is 31.7 Å². The van der Waals surface area contributed by atoms with Crippen LogP contribution in [0.5, 0.6) is 5.75 Å². The van der Waals surface area contributed by atoms with Crippen LogP contribution in [0.2, 0.25) is 0 Å². The summed E-state index contributed by atoms with van der Waals surface area (Å²) in [5.74, 6) is 2.80. The van der Waals surface area contributed by atoms with E-state index in [4.69, 9.17) is 14.0 Å². The molecule has 0 saturated carbocycles. The van der Waals surface area contributed by atoms with Gasteiger partial charge in [0.15, 0.2) is 0 Å². The molecule has 1 saturated heterocycles. The highest BCUT2D eigenvalue weighted by atomic mass is 79.9. The third kappa shape index (κ3) is 5.07. The summed E-state index contributed by atoms with van der Waals surface area (Å²) in [5.41, 5.74) is 2.07. The topological polar surface area (TPSA) is 95.2 Å². The minimum Gasteiger partial charge on any atom is -0.492 e. The Morgan fingerprint density at radius 2 is 2.03 bits per heavy atom. The molecule has 4 heterocycles. The van der Waals surface area contributed by atoms with E-state index < -0.39 is 0 Å². The molecule has 5 rings (SSSR count). The second kappa shape index (κ2) is 9.98. The highest BCUT2D eigenvalue weighted by Gasteiger charge is 2.28. The number of rotatable bonds is 9. The van der Waals surface area contributed by atoms with E-state index in [9.17, 15) is 0 Å². The Hall–Kier alpha value is -2.82. The molecule has 1 fully saturated rings. The monoisotopic (exact) mass is 527 g/mol. The van der Waals surface area contributed by atoms with Gasteiger partial charge in [-0.25, -0.2) is 9.97 Å². The number of thiophene rings is 1. The van der Waals surface area contributed by atoms with E-state index in [1.165, 1.54) is 16.9 Å². The average Bonchev–Trinajstić information content (AvgIpc) is 3.42. The van der Waals surface area contributed by atoms with Crippen molar-refractivity contribution >= 4 is 33.1 Å². The van der Waals surface area contributed by atoms with Crippen LogP contribution in [0.25, 0.3) is 21.3 Å². The largest absolute Gasteiger partial charge is 0.492 e. The van der Waals surface area contributed by atoms with E-state index in [0.29, 0.717) is 31.5 Å². The van der Waals surface area contributed by atoms with E-state index in [1.54, 1.807) is 6.33 Å². The molecule has 8 nitrogen and oxygen atoms in total. The van der Waals surface area contributed by atoms with Crippen LogP contribution in [0.1, 0.15) is 24.3 Å². The van der Waals surface area contributed by atoms with Crippen molar-refractivity contribution in [1.82, 2.24) is 20.1 Å². The molecule has 33 heavy (non-hydrogen) atoms. The van der Waals surface area contributed by atoms with Gasteiger partial charge in [-0.2, -0.15) is 4.98 Å². The minimum atomic E-state index is 0.175. The van der Waals surface area contributed by atoms with Crippen molar-refractivity contribution in [1.29, 1.82) is 0 Å². The molecule has 10 heteroatoms. The molecule has 1 N–H and O–H groups in total. The molecule has 1 aromatic carbocycles. The van der Waals surface area contributed by atoms with E-state index >= 15 is 0 Å². The molecule has 3 aromatic heterocycles. The van der Waals surface area contributed by atoms with Crippen molar-refractivity contribution < 1.29 is 14.0 Å². The number of nitrogens with zero attached hydrogens (tertiary/aromatic N) is 4. The van der Waals surface area contributed by atoms with Crippen molar-refractivity contribution in [2.45, 2.75) is 19.3 Å². The van der Waals surface area contributed by atoms with E-state index in [1.807, 2.05) is 19.1 Å². The fourth-order valence-electron chi connectivity index (χ4n) is 3.37. The maximum absolute atomic E-state index is 5.86. The summed E-state index contributed by atoms with van der Waals surface area (Å²) in [6.45, 7) is 4.50. The molecule has 0 aliphatic carbocycles. The molecule has 170 valence electrons. The summed E-state index contributed by atoms with van der Waals surface area (Å²) >= 11 is 4.99. The van der Waals surface area contributed by atoms with Gasteiger partial charge < -0.3 is 19.3 Å². The van der Waals surface area contributed by atoms with Crippen LogP contribution >= 0.6 is 27.3 Å². The number of hydrogen-bond acceptors (Lipinski definition) is 9. The first-order valence-corrected chi connectivity index (χ1v) is 12.3. The van der Waals surface area contributed by atoms with Crippen LogP contribution in [0, 0.1) is 0 Å². The zero-order chi connectivity index (χ0) is 22.6. The van der Waals surface area contributed by atoms with Crippen LogP contribution in [0.4, 0.5) is 5.82 Å². The molecular formula is C23H22BrN5O3S. The van der Waals surface area contributed by atoms with Gasteiger partial charge in [-0.15, -0.1) is 11.3 Å². The third-order valence-corrected chi connectivity index (χ3v) is 6.85. The van der Waals surface area contributed by atoms with Crippen LogP contribution in [-0.4, -0.2) is 46.5 Å². The predicted molar refractivity (Wildman–Crippen MR) is 130 cm³/mol. The summed E-state index contributed by atoms with van der Waals surface area (Å²) in [7, 11) is 0. The summed E-state index contributed by atoms with van der Waals surface area (Å²) in [4.78, 5) is 15.2. The fraction of sp³-hybridized carbons (Fsp3) is 0.304. The fourth-order valence-corrected chi connectivity index (χ4v) is 4.62. The van der Waals surface area contributed by atoms with Crippen LogP contribution in [0.15, 0.2) is 51.7 Å². The minimum absolute atomic E-state index is 0.175. The van der Waals surface area contributed by atoms with Gasteiger partial charge >= 0.3 is 0 Å². The number of benzene rings is 1. The van der Waals surface area contributed by atoms with Crippen molar-refractivity contribution in [3.63, 3.8) is 0 Å². The average molecular weight is 528 g/mol. The van der Waals surface area contributed by atoms with Crippen LogP contribution in [-0.2, 0) is 11.2 Å². The number of ether oxygens (including phenoxy) is 2. The molecule has 0 radical (unpaired) electrons. The van der Waals surface area contributed by atoms with Gasteiger partial charge in [0.1, 0.15) is 22.8 Å². The van der Waals surface area contributed by atoms with E-state index in [0.717, 1.165) is 44.5 Å². The highest BCUT2D eigenvalue weighted by molar-refractivity contribution is 9.10. The van der Waals surface area contributed by atoms with Crippen molar-refractivity contribution in [3.05, 3.63) is 58.7 Å². The molecule has 4 aromatic rings. The SMILES string of the molecule is CCOc1cc(-c2cc(NCCc3ccc(Br)cc3)ncn2)sc1-c1noc(C2COC2)n1. The molecule has 1 aliphatic heterocycles. The second-order valence-electron chi connectivity index (χ2n) is 7.52. The van der Waals surface area contributed by atoms with E-state index in [-0.39, 0.29) is 5.92 Å². The maximum atomic E-state index is 5.86. The summed E-state index contributed by atoms with van der Waals surface area (Å²) < 4.78 is 17.6. The van der Waals surface area contributed by atoms with Crippen molar-refractivity contribution in [2.24, 2.45) is 0 Å². The Morgan fingerprint density at radius 3 is 2.79 bits per heavy atom. The third-order valence-electron chi connectivity index (χ3n) is 5.18. The van der Waals surface area contributed by atoms with Gasteiger partial charge in [-0.1, -0.05) is 33.2 Å². The first-order valence-electron chi connectivity index (χ1n) is 10.7. The van der Waals surface area contributed by atoms with Crippen LogP contribution in [0.3, 0.4) is 0 Å². The second-order valence-corrected chi connectivity index (χ2v) is 9.49. The van der Waals surface area contributed by atoms with Gasteiger partial charge in [0, 0.05) is 23.2 Å². The molecule has 1 aliphatic rings. The zero-order valence-electron chi connectivity index (χ0n) is 18.0. The summed E-state index contributed by atoms with van der Waals surface area (Å²) in [5, 5.41) is 7.56. The lowest BCUT2D eigenvalue weighted by Crippen LogP contribution is -2.25.